The predicted octanol–water partition coefficient (Wildman–Crippen LogP) is 4.02. The lowest BCUT2D eigenvalue weighted by Crippen LogP contribution is -2.36. The highest BCUT2D eigenvalue weighted by Crippen LogP contribution is 2.28. The molecule has 1 aromatic heterocycles. The lowest BCUT2D eigenvalue weighted by Gasteiger charge is -2.26. The van der Waals surface area contributed by atoms with Crippen molar-refractivity contribution in [3.63, 3.8) is 0 Å². The standard InChI is InChI=1S/C22H28ClN3O4S/c1-2-3-14-30-22-18(8-7-11-24-22)16-25-21(27)17-9-10-19(23)20(15-17)31(28,29)26-12-5-4-6-13-26/h7-11,15H,2-6,12-14,16H2,1H3,(H,25,27). The number of nitrogens with zero attached hydrogens (tertiary/aromatic N) is 2. The molecule has 1 aliphatic rings. The summed E-state index contributed by atoms with van der Waals surface area (Å²) < 4.78 is 33.2. The van der Waals surface area contributed by atoms with Crippen molar-refractivity contribution >= 4 is 27.5 Å². The van der Waals surface area contributed by atoms with Crippen molar-refractivity contribution in [1.29, 1.82) is 0 Å². The Bertz CT molecular complexity index is 1010. The first-order valence-electron chi connectivity index (χ1n) is 10.6. The summed E-state index contributed by atoms with van der Waals surface area (Å²) in [7, 11) is -3.74. The van der Waals surface area contributed by atoms with E-state index in [1.165, 1.54) is 22.5 Å². The molecule has 7 nitrogen and oxygen atoms in total. The summed E-state index contributed by atoms with van der Waals surface area (Å²) in [4.78, 5) is 16.9. The average molecular weight is 466 g/mol. The number of hydrogen-bond acceptors (Lipinski definition) is 5. The third-order valence-corrected chi connectivity index (χ3v) is 7.53. The molecule has 3 rings (SSSR count). The summed E-state index contributed by atoms with van der Waals surface area (Å²) in [6.07, 6.45) is 6.24. The van der Waals surface area contributed by atoms with Crippen molar-refractivity contribution in [3.8, 4) is 5.88 Å². The lowest BCUT2D eigenvalue weighted by molar-refractivity contribution is 0.0950. The van der Waals surface area contributed by atoms with Gasteiger partial charge in [-0.15, -0.1) is 0 Å². The number of halogens is 1. The van der Waals surface area contributed by atoms with E-state index < -0.39 is 15.9 Å². The number of aromatic nitrogens is 1. The van der Waals surface area contributed by atoms with Gasteiger partial charge in [-0.05, 0) is 43.5 Å². The summed E-state index contributed by atoms with van der Waals surface area (Å²) in [5.41, 5.74) is 0.986. The van der Waals surface area contributed by atoms with E-state index in [0.29, 0.717) is 25.6 Å². The molecule has 2 aromatic rings. The van der Waals surface area contributed by atoms with Gasteiger partial charge in [-0.2, -0.15) is 4.31 Å². The molecule has 1 aromatic carbocycles. The molecule has 0 spiro atoms. The van der Waals surface area contributed by atoms with Gasteiger partial charge in [0.15, 0.2) is 0 Å². The zero-order chi connectivity index (χ0) is 22.3. The summed E-state index contributed by atoms with van der Waals surface area (Å²) in [5, 5.41) is 2.93. The molecule has 0 bridgehead atoms. The van der Waals surface area contributed by atoms with Gasteiger partial charge in [0.1, 0.15) is 4.90 Å². The number of carbonyl (C=O) groups is 1. The van der Waals surface area contributed by atoms with Gasteiger partial charge in [0.05, 0.1) is 11.6 Å². The van der Waals surface area contributed by atoms with Crippen molar-refractivity contribution in [1.82, 2.24) is 14.6 Å². The molecule has 2 heterocycles. The van der Waals surface area contributed by atoms with Gasteiger partial charge in [-0.3, -0.25) is 4.79 Å². The molecule has 1 aliphatic heterocycles. The van der Waals surface area contributed by atoms with Gasteiger partial charge in [0.2, 0.25) is 15.9 Å². The van der Waals surface area contributed by atoms with Crippen LogP contribution in [0.3, 0.4) is 0 Å². The summed E-state index contributed by atoms with van der Waals surface area (Å²) in [6, 6.07) is 7.94. The number of sulfonamides is 1. The molecule has 1 saturated heterocycles. The van der Waals surface area contributed by atoms with Crippen LogP contribution in [0.25, 0.3) is 0 Å². The molecular formula is C22H28ClN3O4S. The summed E-state index contributed by atoms with van der Waals surface area (Å²) >= 11 is 6.20. The van der Waals surface area contributed by atoms with Crippen molar-refractivity contribution < 1.29 is 17.9 Å². The van der Waals surface area contributed by atoms with Gasteiger partial charge in [-0.25, -0.2) is 13.4 Å². The number of piperidine rings is 1. The van der Waals surface area contributed by atoms with Gasteiger partial charge in [-0.1, -0.05) is 37.4 Å². The Hall–Kier alpha value is -2.16. The number of pyridine rings is 1. The fourth-order valence-electron chi connectivity index (χ4n) is 3.37. The molecule has 31 heavy (non-hydrogen) atoms. The van der Waals surface area contributed by atoms with Crippen LogP contribution < -0.4 is 10.1 Å². The molecule has 1 N–H and O–H groups in total. The van der Waals surface area contributed by atoms with Crippen LogP contribution in [0.1, 0.15) is 54.9 Å². The molecule has 0 aliphatic carbocycles. The van der Waals surface area contributed by atoms with E-state index in [2.05, 4.69) is 17.2 Å². The molecule has 0 unspecified atom stereocenters. The average Bonchev–Trinajstić information content (AvgIpc) is 2.79. The summed E-state index contributed by atoms with van der Waals surface area (Å²) in [5.74, 6) is 0.0934. The van der Waals surface area contributed by atoms with Crippen LogP contribution in [-0.2, 0) is 16.6 Å². The Kier molecular flexibility index (Phi) is 8.28. The molecule has 0 saturated carbocycles. The van der Waals surface area contributed by atoms with E-state index in [9.17, 15) is 13.2 Å². The van der Waals surface area contributed by atoms with E-state index in [0.717, 1.165) is 37.7 Å². The van der Waals surface area contributed by atoms with E-state index >= 15 is 0 Å². The zero-order valence-electron chi connectivity index (χ0n) is 17.6. The van der Waals surface area contributed by atoms with Crippen LogP contribution in [0, 0.1) is 0 Å². The van der Waals surface area contributed by atoms with E-state index in [-0.39, 0.29) is 22.0 Å². The minimum absolute atomic E-state index is 0.0336. The molecule has 9 heteroatoms. The van der Waals surface area contributed by atoms with Gasteiger partial charge < -0.3 is 10.1 Å². The number of rotatable bonds is 9. The van der Waals surface area contributed by atoms with E-state index in [4.69, 9.17) is 16.3 Å². The Morgan fingerprint density at radius 1 is 1.23 bits per heavy atom. The number of nitrogens with one attached hydrogen (secondary N) is 1. The normalized spacial score (nSPS) is 14.9. The highest BCUT2D eigenvalue weighted by molar-refractivity contribution is 7.89. The largest absolute Gasteiger partial charge is 0.477 e. The second-order valence-corrected chi connectivity index (χ2v) is 9.78. The molecule has 0 radical (unpaired) electrons. The SMILES string of the molecule is CCCCOc1ncccc1CNC(=O)c1ccc(Cl)c(S(=O)(=O)N2CCCCC2)c1. The Morgan fingerprint density at radius 3 is 2.74 bits per heavy atom. The third-order valence-electron chi connectivity index (χ3n) is 5.15. The first kappa shape index (κ1) is 23.5. The molecule has 1 fully saturated rings. The maximum atomic E-state index is 13.0. The van der Waals surface area contributed by atoms with E-state index in [1.807, 2.05) is 6.07 Å². The van der Waals surface area contributed by atoms with Gasteiger partial charge in [0.25, 0.3) is 5.91 Å². The van der Waals surface area contributed by atoms with Gasteiger partial charge >= 0.3 is 0 Å². The highest BCUT2D eigenvalue weighted by atomic mass is 35.5. The molecule has 168 valence electrons. The van der Waals surface area contributed by atoms with Crippen LogP contribution >= 0.6 is 11.6 Å². The number of ether oxygens (including phenoxy) is 1. The zero-order valence-corrected chi connectivity index (χ0v) is 19.2. The summed E-state index contributed by atoms with van der Waals surface area (Å²) in [6.45, 7) is 3.79. The van der Waals surface area contributed by atoms with Crippen molar-refractivity contribution in [2.75, 3.05) is 19.7 Å². The first-order valence-corrected chi connectivity index (χ1v) is 12.4. The minimum Gasteiger partial charge on any atom is -0.477 e. The Morgan fingerprint density at radius 2 is 2.00 bits per heavy atom. The third kappa shape index (κ3) is 5.96. The second kappa shape index (κ2) is 10.9. The van der Waals surface area contributed by atoms with Crippen molar-refractivity contribution in [2.24, 2.45) is 0 Å². The maximum absolute atomic E-state index is 13.0. The number of unbranched alkanes of at least 4 members (excludes halogenated alkanes) is 1. The van der Waals surface area contributed by atoms with Crippen LogP contribution in [0.5, 0.6) is 5.88 Å². The Labute approximate surface area is 188 Å². The second-order valence-electron chi connectivity index (χ2n) is 7.46. The fourth-order valence-corrected chi connectivity index (χ4v) is 5.38. The number of amides is 1. The monoisotopic (exact) mass is 465 g/mol. The maximum Gasteiger partial charge on any atom is 0.251 e. The molecule has 1 amide bonds. The van der Waals surface area contributed by atoms with Crippen LogP contribution in [0.15, 0.2) is 41.4 Å². The lowest BCUT2D eigenvalue weighted by atomic mass is 10.2. The van der Waals surface area contributed by atoms with Gasteiger partial charge in [0, 0.05) is 37.0 Å². The Balaban J connectivity index is 1.73. The minimum atomic E-state index is -3.74. The van der Waals surface area contributed by atoms with Crippen LogP contribution in [0.4, 0.5) is 0 Å². The highest BCUT2D eigenvalue weighted by Gasteiger charge is 2.28. The van der Waals surface area contributed by atoms with Crippen molar-refractivity contribution in [2.45, 2.75) is 50.5 Å². The smallest absolute Gasteiger partial charge is 0.251 e. The van der Waals surface area contributed by atoms with E-state index in [1.54, 1.807) is 12.3 Å². The quantitative estimate of drug-likeness (QED) is 0.565. The topological polar surface area (TPSA) is 88.6 Å². The van der Waals surface area contributed by atoms with Crippen LogP contribution in [-0.4, -0.2) is 43.3 Å². The van der Waals surface area contributed by atoms with Crippen LogP contribution in [0.2, 0.25) is 5.02 Å². The fraction of sp³-hybridized carbons (Fsp3) is 0.455. The number of carbonyl (C=O) groups excluding carboxylic acids is 1. The molecule has 0 atom stereocenters. The first-order chi connectivity index (χ1) is 14.9. The number of hydrogen-bond donors (Lipinski definition) is 1. The van der Waals surface area contributed by atoms with Crippen molar-refractivity contribution in [3.05, 3.63) is 52.7 Å². The molecular weight excluding hydrogens is 438 g/mol. The number of benzene rings is 1. The predicted molar refractivity (Wildman–Crippen MR) is 120 cm³/mol.